The summed E-state index contributed by atoms with van der Waals surface area (Å²) in [5, 5.41) is 6.16. The van der Waals surface area contributed by atoms with Crippen molar-refractivity contribution in [2.24, 2.45) is 10.7 Å². The number of rotatable bonds is 10. The number of hydrogen-bond acceptors (Lipinski definition) is 7. The highest BCUT2D eigenvalue weighted by Gasteiger charge is 2.35. The average Bonchev–Trinajstić information content (AvgIpc) is 3.56. The van der Waals surface area contributed by atoms with Gasteiger partial charge in [0.1, 0.15) is 0 Å². The maximum atomic E-state index is 14.5. The van der Waals surface area contributed by atoms with Crippen LogP contribution in [0.25, 0.3) is 22.3 Å². The van der Waals surface area contributed by atoms with Crippen LogP contribution in [0, 0.1) is 0 Å². The van der Waals surface area contributed by atoms with Crippen LogP contribution < -0.4 is 16.4 Å². The van der Waals surface area contributed by atoms with Gasteiger partial charge in [-0.2, -0.15) is 0 Å². The first kappa shape index (κ1) is 40.9. The van der Waals surface area contributed by atoms with Gasteiger partial charge in [-0.25, -0.2) is 0 Å². The molecule has 61 heavy (non-hydrogen) atoms. The lowest BCUT2D eigenvalue weighted by Gasteiger charge is -2.34. The van der Waals surface area contributed by atoms with Gasteiger partial charge in [0.25, 0.3) is 5.91 Å². The molecule has 6 aromatic rings. The Morgan fingerprint density at radius 1 is 0.803 bits per heavy atom. The van der Waals surface area contributed by atoms with Crippen LogP contribution in [-0.2, 0) is 28.9 Å². The van der Waals surface area contributed by atoms with Gasteiger partial charge < -0.3 is 21.1 Å². The van der Waals surface area contributed by atoms with E-state index in [0.29, 0.717) is 42.8 Å². The molecule has 6 aromatic carbocycles. The Bertz CT molecular complexity index is 2630. The number of fused-ring (bicyclic) bond motifs is 6. The summed E-state index contributed by atoms with van der Waals surface area (Å²) in [6.07, 6.45) is 10.3. The van der Waals surface area contributed by atoms with Gasteiger partial charge in [0.2, 0.25) is 0 Å². The highest BCUT2D eigenvalue weighted by atomic mass is 16.5. The number of aliphatic imine (C=N–C) groups is 1. The Kier molecular flexibility index (Phi) is 12.7. The first-order valence-corrected chi connectivity index (χ1v) is 21.2. The Balaban J connectivity index is 0.000000403. The molecule has 0 fully saturated rings. The number of nitrogens with zero attached hydrogens (tertiary/aromatic N) is 1. The molecule has 8 heteroatoms. The minimum absolute atomic E-state index is 0.0735. The molecular weight excluding hydrogens is 757 g/mol. The van der Waals surface area contributed by atoms with E-state index in [2.05, 4.69) is 46.0 Å². The third-order valence-corrected chi connectivity index (χ3v) is 11.9. The number of anilines is 2. The predicted octanol–water partition coefficient (Wildman–Crippen LogP) is 11.3. The topological polar surface area (TPSA) is 123 Å². The smallest absolute Gasteiger partial charge is 0.305 e. The lowest BCUT2D eigenvalue weighted by atomic mass is 9.69. The van der Waals surface area contributed by atoms with E-state index >= 15 is 0 Å². The van der Waals surface area contributed by atoms with E-state index < -0.39 is 0 Å². The van der Waals surface area contributed by atoms with Crippen LogP contribution >= 0.6 is 0 Å². The number of hydrogen-bond donors (Lipinski definition) is 3. The average molecular weight is 807 g/mol. The standard InChI is InChI=1S/C44H42N2O4.C9H8N2/c1-2-50-41(47)25-20-28-12-9-17-37-35(28)23-24-38-33-13-5-3-10-30(33)26-40(42(37)38)43(48)29-18-21-32(22-19-29)46-44(49)39-16-8-7-15-36(39)34-14-6-4-11-31(34)27-45;1-2-5-9-8(4-1)10-6-3-7-11-9/h3-8,10-11,13-16,18-19,21-24,28,40H,2,9,12,17,20,25-27,45H2,1H3,(H,46,49);1-7,10H. The zero-order valence-electron chi connectivity index (χ0n) is 34.4. The number of para-hydroxylation sites is 2. The minimum atomic E-state index is -0.325. The number of nitrogens with two attached hydrogens (primary N) is 1. The Morgan fingerprint density at radius 2 is 1.54 bits per heavy atom. The van der Waals surface area contributed by atoms with Gasteiger partial charge in [-0.3, -0.25) is 19.4 Å². The zero-order chi connectivity index (χ0) is 42.1. The summed E-state index contributed by atoms with van der Waals surface area (Å²) >= 11 is 0. The van der Waals surface area contributed by atoms with Gasteiger partial charge in [-0.15, -0.1) is 0 Å². The molecule has 0 spiro atoms. The zero-order valence-corrected chi connectivity index (χ0v) is 34.4. The van der Waals surface area contributed by atoms with Crippen molar-refractivity contribution in [3.63, 3.8) is 0 Å². The first-order chi connectivity index (χ1) is 29.9. The maximum Gasteiger partial charge on any atom is 0.305 e. The van der Waals surface area contributed by atoms with Crippen molar-refractivity contribution in [3.05, 3.63) is 185 Å². The van der Waals surface area contributed by atoms with Crippen LogP contribution in [0.3, 0.4) is 0 Å². The van der Waals surface area contributed by atoms with E-state index in [1.807, 2.05) is 122 Å². The molecule has 0 saturated heterocycles. The fourth-order valence-electron chi connectivity index (χ4n) is 9.00. The molecule has 3 aliphatic rings. The summed E-state index contributed by atoms with van der Waals surface area (Å²) in [6, 6.07) is 43.4. The monoisotopic (exact) mass is 806 g/mol. The van der Waals surface area contributed by atoms with Gasteiger partial charge in [-0.1, -0.05) is 91.0 Å². The number of benzene rings is 6. The van der Waals surface area contributed by atoms with Gasteiger partial charge in [-0.05, 0) is 144 Å². The number of carbonyl (C=O) groups excluding carboxylic acids is 3. The van der Waals surface area contributed by atoms with E-state index in [9.17, 15) is 14.4 Å². The maximum absolute atomic E-state index is 14.5. The normalized spacial score (nSPS) is 15.6. The summed E-state index contributed by atoms with van der Waals surface area (Å²) in [4.78, 5) is 44.5. The van der Waals surface area contributed by atoms with Crippen molar-refractivity contribution in [2.45, 2.75) is 63.8 Å². The van der Waals surface area contributed by atoms with Crippen molar-refractivity contribution in [1.82, 2.24) is 0 Å². The Hall–Kier alpha value is -6.90. The third-order valence-electron chi connectivity index (χ3n) is 11.9. The van der Waals surface area contributed by atoms with E-state index in [1.165, 1.54) is 22.3 Å². The lowest BCUT2D eigenvalue weighted by molar-refractivity contribution is -0.143. The van der Waals surface area contributed by atoms with E-state index in [0.717, 1.165) is 64.9 Å². The molecule has 1 heterocycles. The van der Waals surface area contributed by atoms with Gasteiger partial charge in [0.05, 0.1) is 23.9 Å². The summed E-state index contributed by atoms with van der Waals surface area (Å²) < 4.78 is 5.22. The number of amides is 1. The van der Waals surface area contributed by atoms with Crippen molar-refractivity contribution in [2.75, 3.05) is 17.2 Å². The molecule has 8 nitrogen and oxygen atoms in total. The van der Waals surface area contributed by atoms with Crippen LogP contribution in [0.15, 0.2) is 151 Å². The number of Topliss-reactive ketones (excluding diaryl/α,β-unsaturated/α-hetero) is 1. The summed E-state index contributed by atoms with van der Waals surface area (Å²) in [5.41, 5.74) is 19.7. The number of ether oxygens (including phenoxy) is 1. The van der Waals surface area contributed by atoms with Crippen LogP contribution in [-0.4, -0.2) is 30.5 Å². The molecule has 1 aliphatic heterocycles. The van der Waals surface area contributed by atoms with Crippen molar-refractivity contribution < 1.29 is 19.1 Å². The molecule has 2 atom stereocenters. The van der Waals surface area contributed by atoms with Gasteiger partial charge >= 0.3 is 5.97 Å². The van der Waals surface area contributed by atoms with Gasteiger partial charge in [0, 0.05) is 42.2 Å². The Morgan fingerprint density at radius 3 is 2.36 bits per heavy atom. The summed E-state index contributed by atoms with van der Waals surface area (Å²) in [7, 11) is 0. The van der Waals surface area contributed by atoms with E-state index in [1.54, 1.807) is 6.21 Å². The highest BCUT2D eigenvalue weighted by Crippen LogP contribution is 2.48. The molecule has 2 aliphatic carbocycles. The quantitative estimate of drug-likeness (QED) is 0.0936. The molecular formula is C53H50N4O4. The predicted molar refractivity (Wildman–Crippen MR) is 246 cm³/mol. The summed E-state index contributed by atoms with van der Waals surface area (Å²) in [6.45, 7) is 2.60. The number of ketones is 1. The number of allylic oxidation sites excluding steroid dienone is 1. The molecule has 306 valence electrons. The largest absolute Gasteiger partial charge is 0.466 e. The van der Waals surface area contributed by atoms with Crippen molar-refractivity contribution >= 4 is 40.9 Å². The minimum Gasteiger partial charge on any atom is -0.466 e. The lowest BCUT2D eigenvalue weighted by Crippen LogP contribution is -2.24. The molecule has 4 N–H and O–H groups in total. The third kappa shape index (κ3) is 9.00. The molecule has 2 unspecified atom stereocenters. The molecule has 0 radical (unpaired) electrons. The first-order valence-electron chi connectivity index (χ1n) is 21.2. The van der Waals surface area contributed by atoms with Crippen LogP contribution in [0.4, 0.5) is 17.1 Å². The molecule has 9 rings (SSSR count). The molecule has 1 amide bonds. The fraction of sp³-hybridized carbons (Fsp3) is 0.208. The summed E-state index contributed by atoms with van der Waals surface area (Å²) in [5.74, 6) is -0.370. The number of esters is 1. The molecule has 0 aromatic heterocycles. The van der Waals surface area contributed by atoms with Crippen LogP contribution in [0.2, 0.25) is 0 Å². The molecule has 0 saturated carbocycles. The Labute approximate surface area is 357 Å². The van der Waals surface area contributed by atoms with E-state index in [4.69, 9.17) is 10.5 Å². The second-order valence-corrected chi connectivity index (χ2v) is 15.5. The van der Waals surface area contributed by atoms with Gasteiger partial charge in [0.15, 0.2) is 5.78 Å². The van der Waals surface area contributed by atoms with Crippen LogP contribution in [0.1, 0.15) is 93.0 Å². The van der Waals surface area contributed by atoms with E-state index in [-0.39, 0.29) is 29.5 Å². The van der Waals surface area contributed by atoms with Crippen LogP contribution in [0.5, 0.6) is 0 Å². The fourth-order valence-corrected chi connectivity index (χ4v) is 9.00. The van der Waals surface area contributed by atoms with Crippen molar-refractivity contribution in [1.29, 1.82) is 0 Å². The number of nitrogens with one attached hydrogen (secondary N) is 2. The number of carbonyl (C=O) groups is 3. The molecule has 0 bridgehead atoms. The second-order valence-electron chi connectivity index (χ2n) is 15.5. The second kappa shape index (κ2) is 19.0. The SMILES string of the molecule is C1=CNc2ccccc2N=C1.CCOC(=O)CCC1CCCc2c1ccc1c2C(C(=O)c2ccc(NC(=O)c3ccccc3-c3ccccc3CN)cc2)Cc2ccccc2-1. The highest BCUT2D eigenvalue weighted by molar-refractivity contribution is 6.09. The van der Waals surface area contributed by atoms with Crippen molar-refractivity contribution in [3.8, 4) is 22.3 Å².